The molecule has 0 aliphatic rings. The van der Waals surface area contributed by atoms with E-state index in [1.165, 1.54) is 11.1 Å². The van der Waals surface area contributed by atoms with Gasteiger partial charge in [0.2, 0.25) is 0 Å². The second-order valence-electron chi connectivity index (χ2n) is 7.67. The highest BCUT2D eigenvalue weighted by Crippen LogP contribution is 2.44. The van der Waals surface area contributed by atoms with Crippen LogP contribution in [0, 0.1) is 13.8 Å². The number of phenolic OH excluding ortho intramolecular Hbond substituents is 1. The zero-order valence-corrected chi connectivity index (χ0v) is 17.0. The van der Waals surface area contributed by atoms with Crippen LogP contribution in [0.1, 0.15) is 11.1 Å². The van der Waals surface area contributed by atoms with Crippen molar-refractivity contribution in [2.75, 3.05) is 0 Å². The Hall–Kier alpha value is -3.78. The first-order valence-electron chi connectivity index (χ1n) is 10.1. The van der Waals surface area contributed by atoms with E-state index < -0.39 is 0 Å². The molecular formula is C28H22O2. The number of hydrogen-bond acceptors (Lipinski definition) is 2. The minimum atomic E-state index is 0.316. The van der Waals surface area contributed by atoms with Crippen LogP contribution < -0.4 is 4.74 Å². The van der Waals surface area contributed by atoms with Gasteiger partial charge in [0.25, 0.3) is 0 Å². The molecule has 0 amide bonds. The van der Waals surface area contributed by atoms with Crippen molar-refractivity contribution in [2.45, 2.75) is 13.8 Å². The molecule has 0 spiro atoms. The standard InChI is InChI=1S/C28H22O2/c1-18-16-21(17-19(2)27(18)29)30-28-24-14-8-6-12-22(24)26(20-10-4-3-5-11-20)23-13-7-9-15-25(23)28/h3-17,29H,1-2H3. The van der Waals surface area contributed by atoms with Gasteiger partial charge in [-0.3, -0.25) is 0 Å². The molecule has 30 heavy (non-hydrogen) atoms. The van der Waals surface area contributed by atoms with Crippen molar-refractivity contribution in [3.8, 4) is 28.4 Å². The van der Waals surface area contributed by atoms with Gasteiger partial charge >= 0.3 is 0 Å². The van der Waals surface area contributed by atoms with Gasteiger partial charge in [0.15, 0.2) is 0 Å². The lowest BCUT2D eigenvalue weighted by Gasteiger charge is -2.18. The van der Waals surface area contributed by atoms with E-state index in [-0.39, 0.29) is 0 Å². The summed E-state index contributed by atoms with van der Waals surface area (Å²) in [6, 6.07) is 31.1. The molecule has 0 aliphatic carbocycles. The Kier molecular flexibility index (Phi) is 4.40. The number of fused-ring (bicyclic) bond motifs is 2. The number of aromatic hydroxyl groups is 1. The summed E-state index contributed by atoms with van der Waals surface area (Å²) in [6.45, 7) is 3.79. The highest BCUT2D eigenvalue weighted by Gasteiger charge is 2.17. The third-order valence-corrected chi connectivity index (χ3v) is 5.63. The molecule has 0 radical (unpaired) electrons. The smallest absolute Gasteiger partial charge is 0.143 e. The van der Waals surface area contributed by atoms with Crippen molar-refractivity contribution in [3.05, 3.63) is 102 Å². The lowest BCUT2D eigenvalue weighted by Crippen LogP contribution is -1.93. The minimum Gasteiger partial charge on any atom is -0.507 e. The second-order valence-corrected chi connectivity index (χ2v) is 7.67. The van der Waals surface area contributed by atoms with Gasteiger partial charge in [0, 0.05) is 10.8 Å². The third-order valence-electron chi connectivity index (χ3n) is 5.63. The van der Waals surface area contributed by atoms with Gasteiger partial charge < -0.3 is 9.84 Å². The van der Waals surface area contributed by atoms with Gasteiger partial charge in [-0.15, -0.1) is 0 Å². The summed E-state index contributed by atoms with van der Waals surface area (Å²) in [4.78, 5) is 0. The lowest BCUT2D eigenvalue weighted by atomic mass is 9.91. The van der Waals surface area contributed by atoms with Gasteiger partial charge in [-0.1, -0.05) is 78.9 Å². The summed E-state index contributed by atoms with van der Waals surface area (Å²) in [7, 11) is 0. The van der Waals surface area contributed by atoms with Crippen LogP contribution in [0.15, 0.2) is 91.0 Å². The van der Waals surface area contributed by atoms with E-state index in [9.17, 15) is 5.11 Å². The fraction of sp³-hybridized carbons (Fsp3) is 0.0714. The number of aryl methyl sites for hydroxylation is 2. The van der Waals surface area contributed by atoms with Crippen molar-refractivity contribution in [3.63, 3.8) is 0 Å². The van der Waals surface area contributed by atoms with Crippen LogP contribution >= 0.6 is 0 Å². The summed E-state index contributed by atoms with van der Waals surface area (Å²) in [5, 5.41) is 14.6. The zero-order chi connectivity index (χ0) is 20.7. The van der Waals surface area contributed by atoms with Crippen LogP contribution in [0.4, 0.5) is 0 Å². The Balaban J connectivity index is 1.83. The number of rotatable bonds is 3. The molecule has 0 saturated heterocycles. The molecule has 0 unspecified atom stereocenters. The second kappa shape index (κ2) is 7.23. The molecule has 1 N–H and O–H groups in total. The maximum Gasteiger partial charge on any atom is 0.143 e. The highest BCUT2D eigenvalue weighted by atomic mass is 16.5. The fourth-order valence-electron chi connectivity index (χ4n) is 4.21. The molecule has 5 rings (SSSR count). The summed E-state index contributed by atoms with van der Waals surface area (Å²) >= 11 is 0. The van der Waals surface area contributed by atoms with Crippen LogP contribution in [0.5, 0.6) is 17.2 Å². The average Bonchev–Trinajstić information content (AvgIpc) is 2.78. The molecule has 0 atom stereocenters. The van der Waals surface area contributed by atoms with E-state index in [4.69, 9.17) is 4.74 Å². The number of phenols is 1. The van der Waals surface area contributed by atoms with Crippen molar-refractivity contribution in [2.24, 2.45) is 0 Å². The summed E-state index contributed by atoms with van der Waals surface area (Å²) in [5.74, 6) is 1.88. The van der Waals surface area contributed by atoms with E-state index in [1.54, 1.807) is 0 Å². The first kappa shape index (κ1) is 18.3. The van der Waals surface area contributed by atoms with Gasteiger partial charge in [0.05, 0.1) is 0 Å². The van der Waals surface area contributed by atoms with Gasteiger partial charge in [-0.05, 0) is 59.0 Å². The third kappa shape index (κ3) is 2.98. The molecule has 146 valence electrons. The quantitative estimate of drug-likeness (QED) is 0.319. The molecular weight excluding hydrogens is 368 g/mol. The predicted octanol–water partition coefficient (Wildman–Crippen LogP) is 7.77. The normalized spacial score (nSPS) is 11.1. The van der Waals surface area contributed by atoms with Crippen LogP contribution in [0.25, 0.3) is 32.7 Å². The Bertz CT molecular complexity index is 1300. The first-order valence-corrected chi connectivity index (χ1v) is 10.1. The van der Waals surface area contributed by atoms with E-state index >= 15 is 0 Å². The average molecular weight is 390 g/mol. The summed E-state index contributed by atoms with van der Waals surface area (Å²) in [5.41, 5.74) is 4.01. The molecule has 0 bridgehead atoms. The van der Waals surface area contributed by atoms with Crippen molar-refractivity contribution < 1.29 is 9.84 Å². The molecule has 2 heteroatoms. The molecule has 0 saturated carbocycles. The predicted molar refractivity (Wildman–Crippen MR) is 125 cm³/mol. The van der Waals surface area contributed by atoms with Crippen molar-refractivity contribution in [1.29, 1.82) is 0 Å². The Morgan fingerprint density at radius 2 is 1.07 bits per heavy atom. The highest BCUT2D eigenvalue weighted by molar-refractivity contribution is 6.17. The Morgan fingerprint density at radius 1 is 0.600 bits per heavy atom. The largest absolute Gasteiger partial charge is 0.507 e. The molecule has 0 aliphatic heterocycles. The fourth-order valence-corrected chi connectivity index (χ4v) is 4.21. The number of benzene rings is 5. The van der Waals surface area contributed by atoms with Crippen molar-refractivity contribution in [1.82, 2.24) is 0 Å². The van der Waals surface area contributed by atoms with Gasteiger partial charge in [0.1, 0.15) is 17.2 Å². The number of ether oxygens (including phenoxy) is 1. The van der Waals surface area contributed by atoms with Gasteiger partial charge in [-0.25, -0.2) is 0 Å². The number of hydrogen-bond donors (Lipinski definition) is 1. The Morgan fingerprint density at radius 3 is 1.60 bits per heavy atom. The van der Waals surface area contributed by atoms with Crippen LogP contribution in [-0.2, 0) is 0 Å². The van der Waals surface area contributed by atoms with E-state index in [1.807, 2.05) is 44.2 Å². The van der Waals surface area contributed by atoms with E-state index in [2.05, 4.69) is 60.7 Å². The summed E-state index contributed by atoms with van der Waals surface area (Å²) in [6.07, 6.45) is 0. The van der Waals surface area contributed by atoms with E-state index in [0.717, 1.165) is 44.2 Å². The molecule has 5 aromatic rings. The first-order chi connectivity index (χ1) is 14.6. The molecule has 5 aromatic carbocycles. The lowest BCUT2D eigenvalue weighted by molar-refractivity contribution is 0.459. The monoisotopic (exact) mass is 390 g/mol. The van der Waals surface area contributed by atoms with Crippen LogP contribution in [0.2, 0.25) is 0 Å². The topological polar surface area (TPSA) is 29.5 Å². The molecule has 0 aromatic heterocycles. The zero-order valence-electron chi connectivity index (χ0n) is 17.0. The van der Waals surface area contributed by atoms with Crippen molar-refractivity contribution >= 4 is 21.5 Å². The Labute approximate surface area is 176 Å². The van der Waals surface area contributed by atoms with Gasteiger partial charge in [-0.2, -0.15) is 0 Å². The molecule has 0 heterocycles. The minimum absolute atomic E-state index is 0.316. The van der Waals surface area contributed by atoms with Crippen LogP contribution in [-0.4, -0.2) is 5.11 Å². The maximum absolute atomic E-state index is 10.1. The van der Waals surface area contributed by atoms with Crippen LogP contribution in [0.3, 0.4) is 0 Å². The maximum atomic E-state index is 10.1. The SMILES string of the molecule is Cc1cc(Oc2c3ccccc3c(-c3ccccc3)c3ccccc23)cc(C)c1O. The summed E-state index contributed by atoms with van der Waals surface area (Å²) < 4.78 is 6.50. The van der Waals surface area contributed by atoms with E-state index in [0.29, 0.717) is 5.75 Å². The molecule has 2 nitrogen and oxygen atoms in total. The molecule has 0 fully saturated rings.